The standard InChI is InChI=1S/C15H14N2O3/c18-15(11-16-10-12-4-2-1-3-5-12)13-6-8-14(9-7-13)17(19)20/h1-9,16H,10-11H2/p+1. The van der Waals surface area contributed by atoms with Crippen molar-refractivity contribution in [3.05, 3.63) is 75.8 Å². The Morgan fingerprint density at radius 2 is 1.70 bits per heavy atom. The third kappa shape index (κ3) is 3.73. The third-order valence-electron chi connectivity index (χ3n) is 2.95. The van der Waals surface area contributed by atoms with Gasteiger partial charge >= 0.3 is 0 Å². The summed E-state index contributed by atoms with van der Waals surface area (Å²) in [5.74, 6) is -0.0316. The quantitative estimate of drug-likeness (QED) is 0.492. The van der Waals surface area contributed by atoms with Crippen LogP contribution in [-0.4, -0.2) is 17.3 Å². The first-order valence-corrected chi connectivity index (χ1v) is 6.30. The molecule has 20 heavy (non-hydrogen) atoms. The van der Waals surface area contributed by atoms with Gasteiger partial charge < -0.3 is 5.32 Å². The lowest BCUT2D eigenvalue weighted by atomic mass is 10.1. The van der Waals surface area contributed by atoms with E-state index in [1.54, 1.807) is 0 Å². The summed E-state index contributed by atoms with van der Waals surface area (Å²) in [4.78, 5) is 22.0. The van der Waals surface area contributed by atoms with Gasteiger partial charge in [-0.2, -0.15) is 0 Å². The monoisotopic (exact) mass is 271 g/mol. The number of rotatable bonds is 6. The number of nitrogens with two attached hydrogens (primary N) is 1. The molecule has 0 radical (unpaired) electrons. The van der Waals surface area contributed by atoms with Gasteiger partial charge in [-0.1, -0.05) is 30.3 Å². The number of nitro benzene ring substituents is 1. The van der Waals surface area contributed by atoms with Crippen LogP contribution in [0.5, 0.6) is 0 Å². The fourth-order valence-electron chi connectivity index (χ4n) is 1.87. The molecule has 2 aromatic rings. The highest BCUT2D eigenvalue weighted by Gasteiger charge is 2.10. The van der Waals surface area contributed by atoms with Crippen LogP contribution in [0.1, 0.15) is 15.9 Å². The lowest BCUT2D eigenvalue weighted by Crippen LogP contribution is -2.84. The molecule has 0 saturated heterocycles. The number of non-ortho nitro benzene ring substituents is 1. The lowest BCUT2D eigenvalue weighted by Gasteiger charge is -2.02. The van der Waals surface area contributed by atoms with Gasteiger partial charge in [0.2, 0.25) is 5.78 Å². The summed E-state index contributed by atoms with van der Waals surface area (Å²) in [6.07, 6.45) is 0. The maximum atomic E-state index is 11.9. The number of ketones is 1. The molecular weight excluding hydrogens is 256 g/mol. The van der Waals surface area contributed by atoms with E-state index < -0.39 is 4.92 Å². The first-order valence-electron chi connectivity index (χ1n) is 6.30. The summed E-state index contributed by atoms with van der Waals surface area (Å²) in [6.45, 7) is 1.06. The van der Waals surface area contributed by atoms with Crippen molar-refractivity contribution in [2.45, 2.75) is 6.54 Å². The molecule has 0 amide bonds. The van der Waals surface area contributed by atoms with Crippen LogP contribution in [0.3, 0.4) is 0 Å². The maximum absolute atomic E-state index is 11.9. The van der Waals surface area contributed by atoms with Gasteiger partial charge in [-0.05, 0) is 12.1 Å². The van der Waals surface area contributed by atoms with Gasteiger partial charge in [0.05, 0.1) is 4.92 Å². The summed E-state index contributed by atoms with van der Waals surface area (Å²) < 4.78 is 0. The van der Waals surface area contributed by atoms with Gasteiger partial charge in [0.15, 0.2) is 0 Å². The van der Waals surface area contributed by atoms with Crippen LogP contribution < -0.4 is 5.32 Å². The molecule has 0 atom stereocenters. The molecule has 0 aliphatic rings. The van der Waals surface area contributed by atoms with Crippen molar-refractivity contribution in [2.75, 3.05) is 6.54 Å². The smallest absolute Gasteiger partial charge is 0.269 e. The predicted molar refractivity (Wildman–Crippen MR) is 74.4 cm³/mol. The molecule has 0 unspecified atom stereocenters. The number of carbonyl (C=O) groups excluding carboxylic acids is 1. The van der Waals surface area contributed by atoms with E-state index in [0.29, 0.717) is 12.1 Å². The molecule has 0 spiro atoms. The van der Waals surface area contributed by atoms with Gasteiger partial charge in [-0.25, -0.2) is 0 Å². The number of quaternary nitrogens is 1. The van der Waals surface area contributed by atoms with Crippen molar-refractivity contribution < 1.29 is 15.0 Å². The minimum Gasteiger partial charge on any atom is -0.336 e. The average molecular weight is 271 g/mol. The van der Waals surface area contributed by atoms with Gasteiger partial charge in [0.25, 0.3) is 5.69 Å². The Balaban J connectivity index is 1.87. The topological polar surface area (TPSA) is 76.8 Å². The number of carbonyl (C=O) groups is 1. The fraction of sp³-hybridized carbons (Fsp3) is 0.133. The van der Waals surface area contributed by atoms with E-state index in [2.05, 4.69) is 0 Å². The Hall–Kier alpha value is -2.53. The zero-order valence-corrected chi connectivity index (χ0v) is 10.9. The molecule has 0 aromatic heterocycles. The van der Waals surface area contributed by atoms with Crippen molar-refractivity contribution in [3.8, 4) is 0 Å². The predicted octanol–water partition coefficient (Wildman–Crippen LogP) is 1.54. The Labute approximate surface area is 116 Å². The highest BCUT2D eigenvalue weighted by molar-refractivity contribution is 5.96. The Bertz CT molecular complexity index is 594. The summed E-state index contributed by atoms with van der Waals surface area (Å²) in [5.41, 5.74) is 1.65. The number of nitro groups is 1. The molecule has 2 rings (SSSR count). The van der Waals surface area contributed by atoms with E-state index in [0.717, 1.165) is 12.1 Å². The number of nitrogens with zero attached hydrogens (tertiary/aromatic N) is 1. The second-order valence-electron chi connectivity index (χ2n) is 4.41. The second-order valence-corrected chi connectivity index (χ2v) is 4.41. The molecule has 0 heterocycles. The van der Waals surface area contributed by atoms with E-state index in [-0.39, 0.29) is 11.5 Å². The van der Waals surface area contributed by atoms with Crippen LogP contribution in [0.25, 0.3) is 0 Å². The van der Waals surface area contributed by atoms with Gasteiger partial charge in [-0.3, -0.25) is 14.9 Å². The van der Waals surface area contributed by atoms with E-state index in [4.69, 9.17) is 0 Å². The molecule has 102 valence electrons. The molecule has 2 aromatic carbocycles. The Morgan fingerprint density at radius 1 is 1.05 bits per heavy atom. The lowest BCUT2D eigenvalue weighted by molar-refractivity contribution is -0.658. The summed E-state index contributed by atoms with van der Waals surface area (Å²) in [5, 5.41) is 12.4. The Morgan fingerprint density at radius 3 is 2.30 bits per heavy atom. The van der Waals surface area contributed by atoms with Crippen molar-refractivity contribution in [2.24, 2.45) is 0 Å². The summed E-state index contributed by atoms with van der Waals surface area (Å²) in [6, 6.07) is 15.6. The zero-order valence-electron chi connectivity index (χ0n) is 10.9. The summed E-state index contributed by atoms with van der Waals surface area (Å²) >= 11 is 0. The number of Topliss-reactive ketones (excluding diaryl/α,β-unsaturated/α-hetero) is 1. The molecule has 0 fully saturated rings. The third-order valence-corrected chi connectivity index (χ3v) is 2.95. The minimum atomic E-state index is -0.476. The van der Waals surface area contributed by atoms with Crippen LogP contribution in [-0.2, 0) is 6.54 Å². The SMILES string of the molecule is O=C(C[NH2+]Cc1ccccc1)c1ccc([N+](=O)[O-])cc1. The second kappa shape index (κ2) is 6.58. The first kappa shape index (κ1) is 13.9. The molecule has 5 heteroatoms. The molecule has 2 N–H and O–H groups in total. The molecular formula is C15H15N2O3+. The van der Waals surface area contributed by atoms with Crippen LogP contribution >= 0.6 is 0 Å². The minimum absolute atomic E-state index is 0.00480. The Kier molecular flexibility index (Phi) is 4.57. The van der Waals surface area contributed by atoms with Gasteiger partial charge in [0, 0.05) is 23.3 Å². The van der Waals surface area contributed by atoms with Crippen molar-refractivity contribution in [3.63, 3.8) is 0 Å². The highest BCUT2D eigenvalue weighted by atomic mass is 16.6. The molecule has 0 saturated carbocycles. The number of hydrogen-bond acceptors (Lipinski definition) is 3. The molecule has 5 nitrogen and oxygen atoms in total. The van der Waals surface area contributed by atoms with E-state index in [1.165, 1.54) is 24.3 Å². The molecule has 0 bridgehead atoms. The van der Waals surface area contributed by atoms with Gasteiger partial charge in [-0.15, -0.1) is 0 Å². The molecule has 0 aliphatic carbocycles. The van der Waals surface area contributed by atoms with Crippen molar-refractivity contribution in [1.29, 1.82) is 0 Å². The zero-order chi connectivity index (χ0) is 14.4. The largest absolute Gasteiger partial charge is 0.336 e. The van der Waals surface area contributed by atoms with E-state index in [9.17, 15) is 14.9 Å². The van der Waals surface area contributed by atoms with E-state index >= 15 is 0 Å². The van der Waals surface area contributed by atoms with Crippen LogP contribution in [0.4, 0.5) is 5.69 Å². The normalized spacial score (nSPS) is 10.2. The van der Waals surface area contributed by atoms with Crippen molar-refractivity contribution in [1.82, 2.24) is 0 Å². The van der Waals surface area contributed by atoms with Crippen LogP contribution in [0.2, 0.25) is 0 Å². The number of benzene rings is 2. The number of hydrogen-bond donors (Lipinski definition) is 1. The van der Waals surface area contributed by atoms with Crippen LogP contribution in [0.15, 0.2) is 54.6 Å². The van der Waals surface area contributed by atoms with Gasteiger partial charge in [0.1, 0.15) is 13.1 Å². The van der Waals surface area contributed by atoms with E-state index in [1.807, 2.05) is 35.6 Å². The fourth-order valence-corrected chi connectivity index (χ4v) is 1.87. The average Bonchev–Trinajstić information content (AvgIpc) is 2.48. The summed E-state index contributed by atoms with van der Waals surface area (Å²) in [7, 11) is 0. The maximum Gasteiger partial charge on any atom is 0.269 e. The molecule has 0 aliphatic heterocycles. The van der Waals surface area contributed by atoms with Crippen molar-refractivity contribution >= 4 is 11.5 Å². The van der Waals surface area contributed by atoms with Crippen LogP contribution in [0, 0.1) is 10.1 Å². The first-order chi connectivity index (χ1) is 9.66. The highest BCUT2D eigenvalue weighted by Crippen LogP contribution is 2.11.